The monoisotopic (exact) mass is 309 g/mol. The van der Waals surface area contributed by atoms with Gasteiger partial charge in [-0.1, -0.05) is 12.1 Å². The number of imidazole rings is 1. The van der Waals surface area contributed by atoms with Gasteiger partial charge in [-0.2, -0.15) is 0 Å². The van der Waals surface area contributed by atoms with Gasteiger partial charge in [0, 0.05) is 18.7 Å². The number of rotatable bonds is 0. The van der Waals surface area contributed by atoms with Crippen LogP contribution in [0.1, 0.15) is 0 Å². The van der Waals surface area contributed by atoms with Gasteiger partial charge in [-0.15, -0.1) is 5.10 Å². The Bertz CT molecular complexity index is 874. The summed E-state index contributed by atoms with van der Waals surface area (Å²) in [5, 5.41) is 10.5. The van der Waals surface area contributed by atoms with Crippen LogP contribution in [0.15, 0.2) is 42.6 Å². The van der Waals surface area contributed by atoms with Gasteiger partial charge in [-0.25, -0.2) is 9.50 Å². The molecule has 1 aliphatic heterocycles. The molecule has 7 nitrogen and oxygen atoms in total. The van der Waals surface area contributed by atoms with Gasteiger partial charge in [0.05, 0.1) is 11.9 Å². The summed E-state index contributed by atoms with van der Waals surface area (Å²) in [5.41, 5.74) is 2.57. The average molecular weight is 309 g/mol. The fourth-order valence-electron chi connectivity index (χ4n) is 2.50. The summed E-state index contributed by atoms with van der Waals surface area (Å²) in [5.74, 6) is 1.22. The maximum Gasteiger partial charge on any atom is 0.258 e. The molecule has 1 aliphatic rings. The minimum absolute atomic E-state index is 0.00514. The number of ether oxygens (including phenoxy) is 1. The Balaban J connectivity index is 1.83. The van der Waals surface area contributed by atoms with E-state index in [0.29, 0.717) is 18.8 Å². The van der Waals surface area contributed by atoms with Crippen LogP contribution in [0.3, 0.4) is 0 Å². The number of carbonyl (C=O) groups is 1. The van der Waals surface area contributed by atoms with Crippen LogP contribution < -0.4 is 15.4 Å². The highest BCUT2D eigenvalue weighted by atomic mass is 16.5. The van der Waals surface area contributed by atoms with E-state index in [4.69, 9.17) is 4.74 Å². The lowest BCUT2D eigenvalue weighted by molar-refractivity contribution is -0.123. The molecule has 2 N–H and O–H groups in total. The zero-order valence-corrected chi connectivity index (χ0v) is 12.3. The second-order valence-corrected chi connectivity index (χ2v) is 5.23. The zero-order valence-electron chi connectivity index (χ0n) is 12.3. The van der Waals surface area contributed by atoms with E-state index in [-0.39, 0.29) is 12.5 Å². The van der Waals surface area contributed by atoms with E-state index >= 15 is 0 Å². The first-order valence-corrected chi connectivity index (χ1v) is 7.38. The van der Waals surface area contributed by atoms with Crippen molar-refractivity contribution in [1.29, 1.82) is 0 Å². The van der Waals surface area contributed by atoms with Crippen molar-refractivity contribution in [2.45, 2.75) is 0 Å². The fourth-order valence-corrected chi connectivity index (χ4v) is 2.50. The van der Waals surface area contributed by atoms with E-state index in [1.54, 1.807) is 10.7 Å². The van der Waals surface area contributed by atoms with Crippen LogP contribution in [0.2, 0.25) is 0 Å². The number of hydrogen-bond donors (Lipinski definition) is 2. The molecule has 2 aromatic heterocycles. The number of anilines is 1. The predicted molar refractivity (Wildman–Crippen MR) is 85.4 cm³/mol. The molecule has 0 aliphatic carbocycles. The number of amides is 1. The molecule has 0 unspecified atom stereocenters. The molecule has 0 atom stereocenters. The molecule has 0 spiro atoms. The van der Waals surface area contributed by atoms with Gasteiger partial charge in [-0.3, -0.25) is 4.79 Å². The molecule has 7 heteroatoms. The second-order valence-electron chi connectivity index (χ2n) is 5.23. The number of nitrogens with zero attached hydrogens (tertiary/aromatic N) is 3. The lowest BCUT2D eigenvalue weighted by Gasteiger charge is -2.11. The van der Waals surface area contributed by atoms with Crippen molar-refractivity contribution < 1.29 is 9.53 Å². The van der Waals surface area contributed by atoms with Crippen LogP contribution in [0.4, 0.5) is 5.82 Å². The minimum Gasteiger partial charge on any atom is -0.484 e. The van der Waals surface area contributed by atoms with Crippen molar-refractivity contribution in [2.75, 3.05) is 25.0 Å². The van der Waals surface area contributed by atoms with Crippen LogP contribution in [0, 0.1) is 0 Å². The summed E-state index contributed by atoms with van der Waals surface area (Å²) in [6, 6.07) is 11.3. The first-order chi connectivity index (χ1) is 11.3. The lowest BCUT2D eigenvalue weighted by Crippen LogP contribution is -2.32. The van der Waals surface area contributed by atoms with Crippen molar-refractivity contribution in [1.82, 2.24) is 19.9 Å². The molecule has 23 heavy (non-hydrogen) atoms. The van der Waals surface area contributed by atoms with Crippen molar-refractivity contribution in [3.63, 3.8) is 0 Å². The zero-order chi connectivity index (χ0) is 15.6. The summed E-state index contributed by atoms with van der Waals surface area (Å²) in [6.07, 6.45) is 1.78. The van der Waals surface area contributed by atoms with Gasteiger partial charge in [0.15, 0.2) is 12.3 Å². The van der Waals surface area contributed by atoms with E-state index in [1.807, 2.05) is 36.4 Å². The highest BCUT2D eigenvalue weighted by Crippen LogP contribution is 2.24. The van der Waals surface area contributed by atoms with Gasteiger partial charge in [0.25, 0.3) is 5.91 Å². The topological polar surface area (TPSA) is 80.5 Å². The summed E-state index contributed by atoms with van der Waals surface area (Å²) in [6.45, 7) is 1.08. The van der Waals surface area contributed by atoms with Crippen molar-refractivity contribution in [3.8, 4) is 17.0 Å². The molecular formula is C16H15N5O2. The Morgan fingerprint density at radius 2 is 2.04 bits per heavy atom. The first kappa shape index (κ1) is 13.6. The molecule has 4 rings (SSSR count). The Hall–Kier alpha value is -3.09. The van der Waals surface area contributed by atoms with Gasteiger partial charge in [0.1, 0.15) is 11.6 Å². The Kier molecular flexibility index (Phi) is 3.30. The number of aromatic nitrogens is 3. The Morgan fingerprint density at radius 1 is 1.13 bits per heavy atom. The third-order valence-corrected chi connectivity index (χ3v) is 3.62. The van der Waals surface area contributed by atoms with Crippen LogP contribution in [0.25, 0.3) is 16.9 Å². The van der Waals surface area contributed by atoms with Crippen molar-refractivity contribution in [2.24, 2.45) is 0 Å². The molecule has 3 aromatic rings. The molecule has 0 saturated heterocycles. The lowest BCUT2D eigenvalue weighted by atomic mass is 10.1. The normalized spacial score (nSPS) is 14.7. The summed E-state index contributed by atoms with van der Waals surface area (Å²) in [4.78, 5) is 16.1. The van der Waals surface area contributed by atoms with E-state index in [9.17, 15) is 4.79 Å². The summed E-state index contributed by atoms with van der Waals surface area (Å²) in [7, 11) is 0. The third kappa shape index (κ3) is 2.68. The first-order valence-electron chi connectivity index (χ1n) is 7.38. The van der Waals surface area contributed by atoms with E-state index in [0.717, 1.165) is 22.7 Å². The summed E-state index contributed by atoms with van der Waals surface area (Å²) < 4.78 is 7.35. The number of carbonyl (C=O) groups excluding carboxylic acids is 1. The molecule has 3 heterocycles. The molecule has 1 aromatic carbocycles. The average Bonchev–Trinajstić information content (AvgIpc) is 3.00. The van der Waals surface area contributed by atoms with Crippen LogP contribution in [-0.4, -0.2) is 40.2 Å². The fraction of sp³-hybridized carbons (Fsp3) is 0.188. The third-order valence-electron chi connectivity index (χ3n) is 3.62. The molecule has 116 valence electrons. The number of hydrogen-bond acceptors (Lipinski definition) is 5. The smallest absolute Gasteiger partial charge is 0.258 e. The van der Waals surface area contributed by atoms with E-state index < -0.39 is 0 Å². The highest BCUT2D eigenvalue weighted by Gasteiger charge is 2.10. The van der Waals surface area contributed by atoms with Gasteiger partial charge in [0.2, 0.25) is 0 Å². The maximum atomic E-state index is 11.7. The van der Waals surface area contributed by atoms with Gasteiger partial charge < -0.3 is 15.4 Å². The molecule has 0 fully saturated rings. The summed E-state index contributed by atoms with van der Waals surface area (Å²) >= 11 is 0. The number of nitrogens with one attached hydrogen (secondary N) is 2. The minimum atomic E-state index is -0.150. The standard InChI is InChI=1S/C16H15N5O2/c22-16-10-23-12-3-1-2-11(8-12)13-9-19-15-5-4-14(20-21(13)15)17-6-7-18-16/h1-5,8-9H,6-7,10H2,(H,17,20)(H,18,22). The molecule has 0 saturated carbocycles. The molecule has 4 bridgehead atoms. The maximum absolute atomic E-state index is 11.7. The highest BCUT2D eigenvalue weighted by molar-refractivity contribution is 5.77. The van der Waals surface area contributed by atoms with Gasteiger partial charge in [-0.05, 0) is 24.3 Å². The Morgan fingerprint density at radius 3 is 3.00 bits per heavy atom. The van der Waals surface area contributed by atoms with Crippen LogP contribution >= 0.6 is 0 Å². The van der Waals surface area contributed by atoms with E-state index in [2.05, 4.69) is 20.7 Å². The largest absolute Gasteiger partial charge is 0.484 e. The Labute approximate surface area is 132 Å². The van der Waals surface area contributed by atoms with Crippen molar-refractivity contribution >= 4 is 17.4 Å². The molecule has 0 radical (unpaired) electrons. The SMILES string of the molecule is O=C1COc2cccc(c2)-c2cnc3ccc(nn23)NCCN1. The molecular weight excluding hydrogens is 294 g/mol. The number of benzene rings is 1. The second kappa shape index (κ2) is 5.60. The predicted octanol–water partition coefficient (Wildman–Crippen LogP) is 1.32. The molecule has 1 amide bonds. The quantitative estimate of drug-likeness (QED) is 0.654. The van der Waals surface area contributed by atoms with Crippen molar-refractivity contribution in [3.05, 3.63) is 42.6 Å². The number of fused-ring (bicyclic) bond motifs is 4. The van der Waals surface area contributed by atoms with Gasteiger partial charge >= 0.3 is 0 Å². The van der Waals surface area contributed by atoms with Crippen LogP contribution in [0.5, 0.6) is 5.75 Å². The van der Waals surface area contributed by atoms with Crippen LogP contribution in [-0.2, 0) is 4.79 Å². The van der Waals surface area contributed by atoms with E-state index in [1.165, 1.54) is 0 Å².